The molecule has 7 aromatic rings. The quantitative estimate of drug-likeness (QED) is 0.158. The molecule has 2 heteroatoms. The van der Waals surface area contributed by atoms with E-state index in [1.165, 1.54) is 70.9 Å². The summed E-state index contributed by atoms with van der Waals surface area (Å²) in [5.41, 5.74) is 7.94. The van der Waals surface area contributed by atoms with Crippen LogP contribution in [0.1, 0.15) is 11.1 Å². The highest BCUT2D eigenvalue weighted by molar-refractivity contribution is 6.29. The van der Waals surface area contributed by atoms with E-state index in [2.05, 4.69) is 103 Å². The lowest BCUT2D eigenvalue weighted by molar-refractivity contribution is -0.643. The second-order valence-corrected chi connectivity index (χ2v) is 8.63. The molecule has 0 spiro atoms. The summed E-state index contributed by atoms with van der Waals surface area (Å²) < 4.78 is 4.82. The molecule has 0 saturated carbocycles. The van der Waals surface area contributed by atoms with Crippen LogP contribution in [0.5, 0.6) is 0 Å². The first kappa shape index (κ1) is 16.2. The Balaban J connectivity index is 2.00. The first-order valence-corrected chi connectivity index (χ1v) is 10.5. The number of aromatic nitrogens is 2. The molecular formula is C28H21N2+. The van der Waals surface area contributed by atoms with Gasteiger partial charge >= 0.3 is 0 Å². The van der Waals surface area contributed by atoms with Crippen LogP contribution in [-0.2, 0) is 7.05 Å². The maximum atomic E-state index is 2.52. The first-order valence-electron chi connectivity index (χ1n) is 10.5. The maximum absolute atomic E-state index is 2.52. The molecule has 0 fully saturated rings. The number of hydrogen-bond donors (Lipinski definition) is 0. The minimum Gasteiger partial charge on any atom is -0.307 e. The summed E-state index contributed by atoms with van der Waals surface area (Å²) in [5.74, 6) is 0. The van der Waals surface area contributed by atoms with Crippen molar-refractivity contribution in [1.29, 1.82) is 0 Å². The summed E-state index contributed by atoms with van der Waals surface area (Å²) >= 11 is 0. The summed E-state index contributed by atoms with van der Waals surface area (Å²) in [7, 11) is 2.18. The van der Waals surface area contributed by atoms with E-state index >= 15 is 0 Å². The topological polar surface area (TPSA) is 8.29 Å². The molecular weight excluding hydrogens is 364 g/mol. The molecule has 0 atom stereocenters. The second-order valence-electron chi connectivity index (χ2n) is 8.63. The molecule has 0 aliphatic heterocycles. The minimum atomic E-state index is 1.29. The van der Waals surface area contributed by atoms with Gasteiger partial charge in [0.15, 0.2) is 6.20 Å². The number of rotatable bonds is 0. The van der Waals surface area contributed by atoms with E-state index in [0.717, 1.165) is 0 Å². The lowest BCUT2D eigenvalue weighted by atomic mass is 9.95. The molecule has 142 valence electrons. The van der Waals surface area contributed by atoms with E-state index in [1.807, 2.05) is 0 Å². The van der Waals surface area contributed by atoms with Crippen LogP contribution in [0, 0.1) is 13.8 Å². The van der Waals surface area contributed by atoms with Gasteiger partial charge < -0.3 is 4.40 Å². The molecule has 3 aromatic heterocycles. The van der Waals surface area contributed by atoms with Gasteiger partial charge in [-0.2, -0.15) is 0 Å². The average Bonchev–Trinajstić information content (AvgIpc) is 3.11. The third-order valence-corrected chi connectivity index (χ3v) is 7.00. The van der Waals surface area contributed by atoms with Crippen LogP contribution < -0.4 is 4.57 Å². The van der Waals surface area contributed by atoms with Crippen molar-refractivity contribution in [3.8, 4) is 0 Å². The molecule has 3 heterocycles. The van der Waals surface area contributed by atoms with Gasteiger partial charge in [0.05, 0.1) is 27.3 Å². The number of para-hydroxylation sites is 1. The molecule has 0 saturated heterocycles. The van der Waals surface area contributed by atoms with Crippen LogP contribution in [0.25, 0.3) is 59.8 Å². The summed E-state index contributed by atoms with van der Waals surface area (Å²) in [5, 5.41) is 9.37. The van der Waals surface area contributed by atoms with Crippen molar-refractivity contribution in [2.75, 3.05) is 0 Å². The number of hydrogen-bond acceptors (Lipinski definition) is 0. The zero-order chi connectivity index (χ0) is 20.1. The summed E-state index contributed by atoms with van der Waals surface area (Å²) in [6.07, 6.45) is 2.21. The van der Waals surface area contributed by atoms with Crippen LogP contribution in [0.15, 0.2) is 72.9 Å². The number of pyridine rings is 2. The fourth-order valence-electron chi connectivity index (χ4n) is 5.75. The Labute approximate surface area is 173 Å². The van der Waals surface area contributed by atoms with Gasteiger partial charge in [-0.1, -0.05) is 48.5 Å². The predicted octanol–water partition coefficient (Wildman–Crippen LogP) is 6.58. The molecule has 0 amide bonds. The zero-order valence-electron chi connectivity index (χ0n) is 17.3. The van der Waals surface area contributed by atoms with Gasteiger partial charge in [-0.25, -0.2) is 4.57 Å². The molecule has 4 aromatic carbocycles. The van der Waals surface area contributed by atoms with Gasteiger partial charge in [0.25, 0.3) is 0 Å². The third-order valence-electron chi connectivity index (χ3n) is 7.00. The monoisotopic (exact) mass is 385 g/mol. The van der Waals surface area contributed by atoms with Crippen molar-refractivity contribution in [2.45, 2.75) is 13.8 Å². The average molecular weight is 385 g/mol. The molecule has 0 aliphatic carbocycles. The van der Waals surface area contributed by atoms with Crippen LogP contribution >= 0.6 is 0 Å². The normalized spacial score (nSPS) is 12.5. The van der Waals surface area contributed by atoms with Crippen molar-refractivity contribution in [2.24, 2.45) is 7.05 Å². The van der Waals surface area contributed by atoms with E-state index in [9.17, 15) is 0 Å². The second kappa shape index (κ2) is 5.28. The van der Waals surface area contributed by atoms with Gasteiger partial charge in [0.1, 0.15) is 7.05 Å². The Morgan fingerprint density at radius 3 is 2.33 bits per heavy atom. The van der Waals surface area contributed by atoms with Gasteiger partial charge in [0, 0.05) is 16.8 Å². The lowest BCUT2D eigenvalue weighted by Gasteiger charge is -2.15. The summed E-state index contributed by atoms with van der Waals surface area (Å²) in [4.78, 5) is 0. The smallest absolute Gasteiger partial charge is 0.224 e. The van der Waals surface area contributed by atoms with E-state index in [0.29, 0.717) is 0 Å². The van der Waals surface area contributed by atoms with Crippen molar-refractivity contribution in [3.05, 3.63) is 84.1 Å². The number of aryl methyl sites for hydroxylation is 3. The van der Waals surface area contributed by atoms with E-state index in [1.54, 1.807) is 0 Å². The van der Waals surface area contributed by atoms with Crippen LogP contribution in [-0.4, -0.2) is 4.40 Å². The van der Waals surface area contributed by atoms with E-state index in [-0.39, 0.29) is 0 Å². The maximum Gasteiger partial charge on any atom is 0.224 e. The Morgan fingerprint density at radius 1 is 0.700 bits per heavy atom. The Bertz CT molecular complexity index is 1820. The molecule has 0 unspecified atom stereocenters. The molecule has 30 heavy (non-hydrogen) atoms. The van der Waals surface area contributed by atoms with Crippen molar-refractivity contribution < 1.29 is 4.57 Å². The van der Waals surface area contributed by atoms with Crippen LogP contribution in [0.4, 0.5) is 0 Å². The number of benzene rings is 4. The van der Waals surface area contributed by atoms with Crippen molar-refractivity contribution in [3.63, 3.8) is 0 Å². The van der Waals surface area contributed by atoms with Gasteiger partial charge in [0.2, 0.25) is 5.52 Å². The van der Waals surface area contributed by atoms with E-state index in [4.69, 9.17) is 0 Å². The minimum absolute atomic E-state index is 1.29. The molecule has 2 nitrogen and oxygen atoms in total. The highest BCUT2D eigenvalue weighted by atomic mass is 15.0. The summed E-state index contributed by atoms with van der Waals surface area (Å²) in [6.45, 7) is 4.53. The van der Waals surface area contributed by atoms with Gasteiger partial charge in [-0.15, -0.1) is 0 Å². The molecule has 0 aliphatic rings. The fraction of sp³-hybridized carbons (Fsp3) is 0.107. The van der Waals surface area contributed by atoms with Crippen molar-refractivity contribution in [1.82, 2.24) is 4.40 Å². The third kappa shape index (κ3) is 1.74. The Kier molecular flexibility index (Phi) is 2.85. The zero-order valence-corrected chi connectivity index (χ0v) is 17.3. The SMILES string of the molecule is Cc1cc2cc[n+](C)c3c4c(C)c5ccccc5cc4n4c5ccccc5c1c4c23. The van der Waals surface area contributed by atoms with Gasteiger partial charge in [-0.3, -0.25) is 0 Å². The summed E-state index contributed by atoms with van der Waals surface area (Å²) in [6, 6.07) is 24.6. The first-order chi connectivity index (χ1) is 14.6. The molecule has 0 N–H and O–H groups in total. The van der Waals surface area contributed by atoms with E-state index < -0.39 is 0 Å². The Hall–Kier alpha value is -3.65. The van der Waals surface area contributed by atoms with Gasteiger partial charge in [-0.05, 0) is 53.3 Å². The highest BCUT2D eigenvalue weighted by Gasteiger charge is 2.25. The predicted molar refractivity (Wildman–Crippen MR) is 127 cm³/mol. The van der Waals surface area contributed by atoms with Crippen LogP contribution in [0.2, 0.25) is 0 Å². The largest absolute Gasteiger partial charge is 0.307 e. The molecule has 0 bridgehead atoms. The number of fused-ring (bicyclic) bond motifs is 7. The van der Waals surface area contributed by atoms with Crippen LogP contribution in [0.3, 0.4) is 0 Å². The fourth-order valence-corrected chi connectivity index (χ4v) is 5.75. The Morgan fingerprint density at radius 2 is 1.47 bits per heavy atom. The lowest BCUT2D eigenvalue weighted by Crippen LogP contribution is -2.29. The highest BCUT2D eigenvalue weighted by Crippen LogP contribution is 2.43. The number of nitrogens with zero attached hydrogens (tertiary/aromatic N) is 2. The van der Waals surface area contributed by atoms with Crippen molar-refractivity contribution >= 4 is 59.8 Å². The molecule has 7 rings (SSSR count). The molecule has 0 radical (unpaired) electrons. The standard InChI is InChI=1S/C28H21N2/c1-16-14-19-12-13-29(3)27-25-17(2)20-9-5-4-8-18(20)15-23(25)30-22-11-7-6-10-21(22)24(16)28(30)26(19)27/h4-15H,1-3H3/q+1.